The fraction of sp³-hybridized carbons (Fsp3) is 0.200. The number of carboxylic acids is 1. The van der Waals surface area contributed by atoms with Crippen LogP contribution < -0.4 is 0 Å². The summed E-state index contributed by atoms with van der Waals surface area (Å²) < 4.78 is 4.77. The van der Waals surface area contributed by atoms with Crippen LogP contribution in [-0.4, -0.2) is 28.6 Å². The predicted molar refractivity (Wildman–Crippen MR) is 73.4 cm³/mol. The van der Waals surface area contributed by atoms with E-state index in [0.717, 1.165) is 16.5 Å². The van der Waals surface area contributed by atoms with Crippen LogP contribution in [0.2, 0.25) is 0 Å². The van der Waals surface area contributed by atoms with Crippen LogP contribution in [0.4, 0.5) is 0 Å². The van der Waals surface area contributed by atoms with Gasteiger partial charge in [-0.3, -0.25) is 4.79 Å². The van der Waals surface area contributed by atoms with Crippen LogP contribution in [0, 0.1) is 11.8 Å². The van der Waals surface area contributed by atoms with E-state index >= 15 is 0 Å². The number of ether oxygens (including phenoxy) is 1. The maximum absolute atomic E-state index is 11.1. The molecule has 0 aliphatic rings. The zero-order valence-electron chi connectivity index (χ0n) is 10.9. The molecule has 0 spiro atoms. The molecular weight excluding hydrogens is 258 g/mol. The molecule has 0 aliphatic heterocycles. The third-order valence-corrected chi connectivity index (χ3v) is 2.62. The summed E-state index contributed by atoms with van der Waals surface area (Å²) in [6.07, 6.45) is 0.0411. The highest BCUT2D eigenvalue weighted by Crippen LogP contribution is 2.17. The highest BCUT2D eigenvalue weighted by Gasteiger charge is 2.07. The minimum atomic E-state index is -1.00. The van der Waals surface area contributed by atoms with Crippen LogP contribution >= 0.6 is 0 Å². The van der Waals surface area contributed by atoms with Crippen LogP contribution in [0.5, 0.6) is 0 Å². The van der Waals surface area contributed by atoms with Gasteiger partial charge in [0.1, 0.15) is 12.1 Å². The van der Waals surface area contributed by atoms with Crippen LogP contribution in [0.25, 0.3) is 10.9 Å². The van der Waals surface area contributed by atoms with Crippen LogP contribution in [0.3, 0.4) is 0 Å². The Labute approximate surface area is 115 Å². The summed E-state index contributed by atoms with van der Waals surface area (Å²) in [5.74, 6) is 4.23. The molecule has 0 bridgehead atoms. The molecule has 0 aliphatic carbocycles. The third-order valence-electron chi connectivity index (χ3n) is 2.62. The van der Waals surface area contributed by atoms with Gasteiger partial charge in [-0.15, -0.1) is 0 Å². The number of H-pyrrole nitrogens is 1. The van der Waals surface area contributed by atoms with Crippen LogP contribution in [0.15, 0.2) is 24.3 Å². The van der Waals surface area contributed by atoms with E-state index in [1.165, 1.54) is 0 Å². The molecule has 20 heavy (non-hydrogen) atoms. The van der Waals surface area contributed by atoms with Gasteiger partial charge in [0, 0.05) is 16.5 Å². The molecule has 1 aromatic carbocycles. The summed E-state index contributed by atoms with van der Waals surface area (Å²) >= 11 is 0. The second kappa shape index (κ2) is 5.93. The Kier molecular flexibility index (Phi) is 4.06. The number of carboxylic acid groups (broad SMARTS) is 1. The maximum Gasteiger partial charge on any atom is 0.352 e. The van der Waals surface area contributed by atoms with Crippen molar-refractivity contribution in [3.63, 3.8) is 0 Å². The summed E-state index contributed by atoms with van der Waals surface area (Å²) in [6, 6.07) is 6.85. The Bertz CT molecular complexity index is 718. The van der Waals surface area contributed by atoms with Crippen molar-refractivity contribution in [1.29, 1.82) is 0 Å². The first kappa shape index (κ1) is 13.7. The Balaban J connectivity index is 2.17. The molecule has 5 heteroatoms. The number of esters is 1. The number of fused-ring (bicyclic) bond motifs is 1. The van der Waals surface area contributed by atoms with Gasteiger partial charge in [0.25, 0.3) is 0 Å². The van der Waals surface area contributed by atoms with E-state index < -0.39 is 5.97 Å². The van der Waals surface area contributed by atoms with Crippen LogP contribution in [-0.2, 0) is 9.53 Å². The summed E-state index contributed by atoms with van der Waals surface area (Å²) in [4.78, 5) is 24.8. The molecule has 0 atom stereocenters. The zero-order chi connectivity index (χ0) is 14.5. The van der Waals surface area contributed by atoms with E-state index in [0.29, 0.717) is 6.61 Å². The predicted octanol–water partition coefficient (Wildman–Crippen LogP) is 2.17. The molecule has 0 saturated heterocycles. The largest absolute Gasteiger partial charge is 0.477 e. The van der Waals surface area contributed by atoms with Crippen molar-refractivity contribution in [3.05, 3.63) is 35.5 Å². The van der Waals surface area contributed by atoms with Gasteiger partial charge in [0.05, 0.1) is 6.61 Å². The first-order chi connectivity index (χ1) is 9.60. The van der Waals surface area contributed by atoms with Gasteiger partial charge in [-0.1, -0.05) is 11.8 Å². The second-order valence-corrected chi connectivity index (χ2v) is 4.07. The zero-order valence-corrected chi connectivity index (χ0v) is 10.9. The lowest BCUT2D eigenvalue weighted by Gasteiger charge is -1.95. The van der Waals surface area contributed by atoms with Gasteiger partial charge >= 0.3 is 11.9 Å². The Morgan fingerprint density at radius 1 is 1.35 bits per heavy atom. The average molecular weight is 271 g/mol. The van der Waals surface area contributed by atoms with Crippen molar-refractivity contribution in [2.24, 2.45) is 0 Å². The number of carbonyl (C=O) groups excluding carboxylic acids is 1. The SMILES string of the molecule is CCOC(=O)CC#Cc1ccc2[nH]c(C(=O)O)cc2c1. The number of aromatic nitrogens is 1. The lowest BCUT2D eigenvalue weighted by Crippen LogP contribution is -2.01. The van der Waals surface area contributed by atoms with Gasteiger partial charge in [0.2, 0.25) is 0 Å². The lowest BCUT2D eigenvalue weighted by molar-refractivity contribution is -0.141. The molecule has 0 saturated carbocycles. The molecule has 2 aromatic rings. The van der Waals surface area contributed by atoms with Crippen molar-refractivity contribution >= 4 is 22.8 Å². The molecular formula is C15H13NO4. The van der Waals surface area contributed by atoms with Crippen molar-refractivity contribution in [2.45, 2.75) is 13.3 Å². The van der Waals surface area contributed by atoms with Crippen molar-refractivity contribution in [1.82, 2.24) is 4.98 Å². The minimum Gasteiger partial charge on any atom is -0.477 e. The minimum absolute atomic E-state index is 0.0411. The van der Waals surface area contributed by atoms with E-state index in [4.69, 9.17) is 9.84 Å². The van der Waals surface area contributed by atoms with E-state index in [1.807, 2.05) is 0 Å². The van der Waals surface area contributed by atoms with Gasteiger partial charge in [-0.25, -0.2) is 4.79 Å². The smallest absolute Gasteiger partial charge is 0.352 e. The normalized spacial score (nSPS) is 9.85. The van der Waals surface area contributed by atoms with Crippen molar-refractivity contribution in [3.8, 4) is 11.8 Å². The summed E-state index contributed by atoms with van der Waals surface area (Å²) in [5.41, 5.74) is 1.59. The van der Waals surface area contributed by atoms with E-state index in [2.05, 4.69) is 16.8 Å². The van der Waals surface area contributed by atoms with Crippen molar-refractivity contribution < 1.29 is 19.4 Å². The molecule has 2 rings (SSSR count). The summed E-state index contributed by atoms with van der Waals surface area (Å²) in [5, 5.41) is 9.67. The fourth-order valence-electron chi connectivity index (χ4n) is 1.76. The number of rotatable bonds is 3. The molecule has 0 fully saturated rings. The molecule has 0 amide bonds. The van der Waals surface area contributed by atoms with E-state index in [1.54, 1.807) is 31.2 Å². The lowest BCUT2D eigenvalue weighted by atomic mass is 10.1. The first-order valence-electron chi connectivity index (χ1n) is 6.10. The first-order valence-corrected chi connectivity index (χ1v) is 6.10. The Morgan fingerprint density at radius 3 is 2.85 bits per heavy atom. The average Bonchev–Trinajstić information content (AvgIpc) is 2.82. The van der Waals surface area contributed by atoms with Gasteiger partial charge in [-0.2, -0.15) is 0 Å². The fourth-order valence-corrected chi connectivity index (χ4v) is 1.76. The molecule has 102 valence electrons. The molecule has 0 unspecified atom stereocenters. The Morgan fingerprint density at radius 2 is 2.15 bits per heavy atom. The number of aromatic carboxylic acids is 1. The highest BCUT2D eigenvalue weighted by atomic mass is 16.5. The third kappa shape index (κ3) is 3.18. The van der Waals surface area contributed by atoms with E-state index in [9.17, 15) is 9.59 Å². The monoisotopic (exact) mass is 271 g/mol. The molecule has 0 radical (unpaired) electrons. The number of hydrogen-bond donors (Lipinski definition) is 2. The molecule has 1 aromatic heterocycles. The number of hydrogen-bond acceptors (Lipinski definition) is 3. The highest BCUT2D eigenvalue weighted by molar-refractivity contribution is 5.94. The quantitative estimate of drug-likeness (QED) is 0.662. The topological polar surface area (TPSA) is 79.4 Å². The van der Waals surface area contributed by atoms with Crippen molar-refractivity contribution in [2.75, 3.05) is 6.61 Å². The number of benzene rings is 1. The molecule has 5 nitrogen and oxygen atoms in total. The second-order valence-electron chi connectivity index (χ2n) is 4.07. The molecule has 2 N–H and O–H groups in total. The van der Waals surface area contributed by atoms with Gasteiger partial charge in [-0.05, 0) is 31.2 Å². The molecule has 1 heterocycles. The van der Waals surface area contributed by atoms with Crippen LogP contribution in [0.1, 0.15) is 29.4 Å². The number of nitrogens with one attached hydrogen (secondary N) is 1. The van der Waals surface area contributed by atoms with Gasteiger partial charge < -0.3 is 14.8 Å². The Hall–Kier alpha value is -2.74. The number of carbonyl (C=O) groups is 2. The van der Waals surface area contributed by atoms with Gasteiger partial charge in [0.15, 0.2) is 0 Å². The summed E-state index contributed by atoms with van der Waals surface area (Å²) in [6.45, 7) is 2.08. The standard InChI is InChI=1S/C15H13NO4/c1-2-20-14(17)5-3-4-10-6-7-12-11(8-10)9-13(16-12)15(18)19/h6-9,16H,2,5H2,1H3,(H,18,19). The summed E-state index contributed by atoms with van der Waals surface area (Å²) in [7, 11) is 0. The van der Waals surface area contributed by atoms with E-state index in [-0.39, 0.29) is 18.1 Å². The maximum atomic E-state index is 11.1. The number of aromatic amines is 1.